The maximum atomic E-state index is 5.85. The van der Waals surface area contributed by atoms with Crippen LogP contribution in [0.2, 0.25) is 0 Å². The Morgan fingerprint density at radius 3 is 2.82 bits per heavy atom. The second kappa shape index (κ2) is 4.87. The number of hydrogen-bond acceptors (Lipinski definition) is 3. The van der Waals surface area contributed by atoms with Crippen molar-refractivity contribution >= 4 is 21.7 Å². The summed E-state index contributed by atoms with van der Waals surface area (Å²) < 4.78 is 2.97. The third-order valence-corrected chi connectivity index (χ3v) is 3.70. The van der Waals surface area contributed by atoms with Gasteiger partial charge in [-0.25, -0.2) is 4.98 Å². The second-order valence-corrected chi connectivity index (χ2v) is 4.70. The van der Waals surface area contributed by atoms with Crippen molar-refractivity contribution in [3.05, 3.63) is 39.8 Å². The number of aryl methyl sites for hydroxylation is 2. The Labute approximate surface area is 109 Å². The number of rotatable bonds is 3. The van der Waals surface area contributed by atoms with E-state index in [4.69, 9.17) is 5.73 Å². The van der Waals surface area contributed by atoms with Crippen molar-refractivity contribution in [1.29, 1.82) is 0 Å². The quantitative estimate of drug-likeness (QED) is 0.945. The van der Waals surface area contributed by atoms with E-state index in [1.807, 2.05) is 23.9 Å². The number of pyridine rings is 1. The maximum Gasteiger partial charge on any atom is 0.126 e. The van der Waals surface area contributed by atoms with E-state index in [0.717, 1.165) is 34.3 Å². The number of hydrogen-bond donors (Lipinski definition) is 1. The van der Waals surface area contributed by atoms with Crippen molar-refractivity contribution in [1.82, 2.24) is 14.8 Å². The fraction of sp³-hybridized carbons (Fsp3) is 0.333. The zero-order chi connectivity index (χ0) is 12.4. The highest BCUT2D eigenvalue weighted by Crippen LogP contribution is 2.25. The third-order valence-electron chi connectivity index (χ3n) is 2.79. The molecule has 0 aliphatic rings. The molecule has 0 aliphatic carbocycles. The number of halogens is 1. The molecule has 0 aliphatic heterocycles. The first-order valence-electron chi connectivity index (χ1n) is 5.53. The Balaban J connectivity index is 2.37. The number of nitrogens with zero attached hydrogens (tertiary/aromatic N) is 3. The van der Waals surface area contributed by atoms with E-state index in [9.17, 15) is 0 Å². The van der Waals surface area contributed by atoms with Crippen LogP contribution < -0.4 is 5.73 Å². The van der Waals surface area contributed by atoms with Crippen LogP contribution in [0, 0.1) is 0 Å². The zero-order valence-electron chi connectivity index (χ0n) is 9.94. The minimum absolute atomic E-state index is 0.582. The van der Waals surface area contributed by atoms with Gasteiger partial charge in [-0.05, 0) is 28.4 Å². The smallest absolute Gasteiger partial charge is 0.126 e. The molecule has 0 saturated heterocycles. The molecular formula is C12H15BrN4. The van der Waals surface area contributed by atoms with Crippen molar-refractivity contribution < 1.29 is 0 Å². The second-order valence-electron chi connectivity index (χ2n) is 3.91. The zero-order valence-corrected chi connectivity index (χ0v) is 11.5. The van der Waals surface area contributed by atoms with Gasteiger partial charge in [-0.15, -0.1) is 0 Å². The molecule has 2 heterocycles. The summed E-state index contributed by atoms with van der Waals surface area (Å²) in [6.45, 7) is 2.09. The SMILES string of the molecule is CCc1nn(C)c(Cc2cccnc2N)c1Br. The summed E-state index contributed by atoms with van der Waals surface area (Å²) >= 11 is 3.60. The summed E-state index contributed by atoms with van der Waals surface area (Å²) in [7, 11) is 1.95. The third kappa shape index (κ3) is 2.34. The van der Waals surface area contributed by atoms with Gasteiger partial charge in [0.05, 0.1) is 15.9 Å². The van der Waals surface area contributed by atoms with Crippen LogP contribution in [-0.2, 0) is 19.9 Å². The summed E-state index contributed by atoms with van der Waals surface area (Å²) in [5.74, 6) is 0.582. The first-order chi connectivity index (χ1) is 8.13. The van der Waals surface area contributed by atoms with Crippen molar-refractivity contribution in [3.8, 4) is 0 Å². The minimum atomic E-state index is 0.582. The normalized spacial score (nSPS) is 10.8. The van der Waals surface area contributed by atoms with Gasteiger partial charge in [0.2, 0.25) is 0 Å². The van der Waals surface area contributed by atoms with E-state index in [1.165, 1.54) is 0 Å². The Morgan fingerprint density at radius 2 is 2.24 bits per heavy atom. The van der Waals surface area contributed by atoms with Crippen LogP contribution >= 0.6 is 15.9 Å². The molecule has 5 heteroatoms. The van der Waals surface area contributed by atoms with Gasteiger partial charge in [0, 0.05) is 25.2 Å². The largest absolute Gasteiger partial charge is 0.383 e. The van der Waals surface area contributed by atoms with Gasteiger partial charge in [-0.3, -0.25) is 4.68 Å². The number of nitrogens with two attached hydrogens (primary N) is 1. The van der Waals surface area contributed by atoms with E-state index < -0.39 is 0 Å². The van der Waals surface area contributed by atoms with E-state index >= 15 is 0 Å². The molecular weight excluding hydrogens is 280 g/mol. The maximum absolute atomic E-state index is 5.85. The molecule has 17 heavy (non-hydrogen) atoms. The van der Waals surface area contributed by atoms with Gasteiger partial charge >= 0.3 is 0 Å². The molecule has 0 bridgehead atoms. The molecule has 0 saturated carbocycles. The molecule has 2 N–H and O–H groups in total. The molecule has 0 radical (unpaired) electrons. The van der Waals surface area contributed by atoms with Crippen LogP contribution in [0.4, 0.5) is 5.82 Å². The fourth-order valence-electron chi connectivity index (χ4n) is 1.79. The molecule has 0 unspecified atom stereocenters. The molecule has 2 aromatic heterocycles. The standard InChI is InChI=1S/C12H15BrN4/c1-3-9-11(13)10(17(2)16-9)7-8-5-4-6-15-12(8)14/h4-6H,3,7H2,1-2H3,(H2,14,15). The molecule has 2 rings (SSSR count). The lowest BCUT2D eigenvalue weighted by Gasteiger charge is -2.05. The van der Waals surface area contributed by atoms with Crippen molar-refractivity contribution in [2.24, 2.45) is 7.05 Å². The fourth-order valence-corrected chi connectivity index (χ4v) is 2.55. The van der Waals surface area contributed by atoms with E-state index in [2.05, 4.69) is 32.9 Å². The monoisotopic (exact) mass is 294 g/mol. The lowest BCUT2D eigenvalue weighted by atomic mass is 10.1. The molecule has 2 aromatic rings. The molecule has 0 spiro atoms. The summed E-state index contributed by atoms with van der Waals surface area (Å²) in [6, 6.07) is 3.89. The Kier molecular flexibility index (Phi) is 3.47. The van der Waals surface area contributed by atoms with Crippen LogP contribution in [-0.4, -0.2) is 14.8 Å². The van der Waals surface area contributed by atoms with E-state index in [-0.39, 0.29) is 0 Å². The highest BCUT2D eigenvalue weighted by atomic mass is 79.9. The van der Waals surface area contributed by atoms with Crippen LogP contribution in [0.15, 0.2) is 22.8 Å². The lowest BCUT2D eigenvalue weighted by Crippen LogP contribution is -2.03. The predicted octanol–water partition coefficient (Wildman–Crippen LogP) is 2.31. The molecule has 0 fully saturated rings. The molecule has 90 valence electrons. The van der Waals surface area contributed by atoms with Crippen LogP contribution in [0.25, 0.3) is 0 Å². The highest BCUT2D eigenvalue weighted by Gasteiger charge is 2.13. The average Bonchev–Trinajstić information content (AvgIpc) is 2.59. The van der Waals surface area contributed by atoms with Gasteiger partial charge in [0.15, 0.2) is 0 Å². The van der Waals surface area contributed by atoms with Crippen molar-refractivity contribution in [2.75, 3.05) is 5.73 Å². The first kappa shape index (κ1) is 12.1. The van der Waals surface area contributed by atoms with Crippen LogP contribution in [0.3, 0.4) is 0 Å². The molecule has 4 nitrogen and oxygen atoms in total. The summed E-state index contributed by atoms with van der Waals surface area (Å²) in [5.41, 5.74) is 9.08. The topological polar surface area (TPSA) is 56.7 Å². The Morgan fingerprint density at radius 1 is 1.47 bits per heavy atom. The van der Waals surface area contributed by atoms with Gasteiger partial charge in [-0.2, -0.15) is 5.10 Å². The average molecular weight is 295 g/mol. The van der Waals surface area contributed by atoms with Gasteiger partial charge in [-0.1, -0.05) is 13.0 Å². The summed E-state index contributed by atoms with van der Waals surface area (Å²) in [4.78, 5) is 4.09. The molecule has 0 amide bonds. The van der Waals surface area contributed by atoms with Gasteiger partial charge in [0.1, 0.15) is 5.82 Å². The van der Waals surface area contributed by atoms with Crippen LogP contribution in [0.1, 0.15) is 23.9 Å². The summed E-state index contributed by atoms with van der Waals surface area (Å²) in [6.07, 6.45) is 3.36. The number of nitrogen functional groups attached to an aromatic ring is 1. The van der Waals surface area contributed by atoms with Crippen molar-refractivity contribution in [2.45, 2.75) is 19.8 Å². The highest BCUT2D eigenvalue weighted by molar-refractivity contribution is 9.10. The lowest BCUT2D eigenvalue weighted by molar-refractivity contribution is 0.709. The van der Waals surface area contributed by atoms with E-state index in [1.54, 1.807) is 6.20 Å². The van der Waals surface area contributed by atoms with Gasteiger partial charge < -0.3 is 5.73 Å². The number of anilines is 1. The molecule has 0 atom stereocenters. The van der Waals surface area contributed by atoms with E-state index in [0.29, 0.717) is 5.82 Å². The van der Waals surface area contributed by atoms with Crippen molar-refractivity contribution in [3.63, 3.8) is 0 Å². The minimum Gasteiger partial charge on any atom is -0.383 e. The Bertz CT molecular complexity index is 533. The first-order valence-corrected chi connectivity index (χ1v) is 6.32. The Hall–Kier alpha value is -1.36. The molecule has 0 aromatic carbocycles. The summed E-state index contributed by atoms with van der Waals surface area (Å²) in [5, 5.41) is 4.46. The predicted molar refractivity (Wildman–Crippen MR) is 71.7 cm³/mol. The number of aromatic nitrogens is 3. The van der Waals surface area contributed by atoms with Crippen LogP contribution in [0.5, 0.6) is 0 Å². The van der Waals surface area contributed by atoms with Gasteiger partial charge in [0.25, 0.3) is 0 Å².